The molecule has 0 fully saturated rings. The van der Waals surface area contributed by atoms with E-state index in [1.165, 1.54) is 32.9 Å². The summed E-state index contributed by atoms with van der Waals surface area (Å²) >= 11 is 0. The highest BCUT2D eigenvalue weighted by molar-refractivity contribution is 7.58. The number of halogens is 2. The van der Waals surface area contributed by atoms with Crippen molar-refractivity contribution in [2.45, 2.75) is 59.4 Å². The third-order valence-electron chi connectivity index (χ3n) is 4.79. The number of carbonyl (C=O) groups is 1. The van der Waals surface area contributed by atoms with E-state index in [9.17, 15) is 9.36 Å². The lowest BCUT2D eigenvalue weighted by Gasteiger charge is -2.37. The van der Waals surface area contributed by atoms with Crippen molar-refractivity contribution in [1.29, 1.82) is 0 Å². The summed E-state index contributed by atoms with van der Waals surface area (Å²) < 4.78 is 55.4. The zero-order valence-electron chi connectivity index (χ0n) is 19.2. The Morgan fingerprint density at radius 1 is 1.00 bits per heavy atom. The summed E-state index contributed by atoms with van der Waals surface area (Å²) in [5, 5.41) is 2.40. The molecule has 8 heteroatoms. The first-order chi connectivity index (χ1) is 14.9. The lowest BCUT2D eigenvalue weighted by Crippen LogP contribution is -2.46. The Bertz CT molecular complexity index is 915. The van der Waals surface area contributed by atoms with Gasteiger partial charge >= 0.3 is 19.2 Å². The summed E-state index contributed by atoms with van der Waals surface area (Å²) in [5.74, 6) is -0.789. The standard InChI is InChI=1S/C24H32F2NO4P/c1-18(2)16-21(22(28)30-17-19-12-8-6-9-13-19)27-32(29,24(25,26)23(3,4)5)31-20-14-10-7-11-15-20/h6-15,18,21H,16-17H2,1-5H3,(H,27,29)/t21-,32?/m0/s1. The minimum Gasteiger partial charge on any atom is -0.460 e. The van der Waals surface area contributed by atoms with Crippen molar-refractivity contribution in [3.8, 4) is 5.75 Å². The molecule has 0 aliphatic heterocycles. The molecule has 32 heavy (non-hydrogen) atoms. The van der Waals surface area contributed by atoms with Crippen LogP contribution in [-0.2, 0) is 20.7 Å². The van der Waals surface area contributed by atoms with E-state index in [2.05, 4.69) is 5.09 Å². The molecule has 0 saturated heterocycles. The molecule has 0 aliphatic carbocycles. The second kappa shape index (κ2) is 10.6. The summed E-state index contributed by atoms with van der Waals surface area (Å²) in [6.07, 6.45) is 0.149. The number of benzene rings is 2. The van der Waals surface area contributed by atoms with Gasteiger partial charge in [-0.25, -0.2) is 5.09 Å². The fourth-order valence-electron chi connectivity index (χ4n) is 2.94. The van der Waals surface area contributed by atoms with Crippen LogP contribution in [0.2, 0.25) is 0 Å². The Kier molecular flexibility index (Phi) is 8.60. The second-order valence-corrected chi connectivity index (χ2v) is 11.3. The molecule has 2 atom stereocenters. The summed E-state index contributed by atoms with van der Waals surface area (Å²) in [7, 11) is -4.91. The van der Waals surface area contributed by atoms with E-state index in [1.807, 2.05) is 19.9 Å². The monoisotopic (exact) mass is 467 g/mol. The minimum atomic E-state index is -4.91. The third kappa shape index (κ3) is 6.63. The Morgan fingerprint density at radius 2 is 1.53 bits per heavy atom. The van der Waals surface area contributed by atoms with Gasteiger partial charge in [0.2, 0.25) is 0 Å². The molecule has 0 radical (unpaired) electrons. The summed E-state index contributed by atoms with van der Waals surface area (Å²) in [6.45, 7) is 7.49. The van der Waals surface area contributed by atoms with Crippen LogP contribution < -0.4 is 9.61 Å². The van der Waals surface area contributed by atoms with Gasteiger partial charge in [-0.1, -0.05) is 83.1 Å². The number of esters is 1. The van der Waals surface area contributed by atoms with E-state index >= 15 is 8.78 Å². The van der Waals surface area contributed by atoms with Crippen LogP contribution in [0.4, 0.5) is 8.78 Å². The van der Waals surface area contributed by atoms with Crippen LogP contribution in [0.3, 0.4) is 0 Å². The van der Waals surface area contributed by atoms with Gasteiger partial charge in [-0.3, -0.25) is 9.36 Å². The van der Waals surface area contributed by atoms with Crippen LogP contribution in [0.15, 0.2) is 60.7 Å². The molecule has 2 aromatic carbocycles. The molecule has 1 unspecified atom stereocenters. The number of para-hydroxylation sites is 1. The van der Waals surface area contributed by atoms with Gasteiger partial charge in [-0.2, -0.15) is 8.78 Å². The first-order valence-electron chi connectivity index (χ1n) is 10.6. The predicted molar refractivity (Wildman–Crippen MR) is 122 cm³/mol. The largest absolute Gasteiger partial charge is 0.460 e. The molecular formula is C24H32F2NO4P. The summed E-state index contributed by atoms with van der Waals surface area (Å²) in [4.78, 5) is 12.9. The Morgan fingerprint density at radius 3 is 2.03 bits per heavy atom. The lowest BCUT2D eigenvalue weighted by atomic mass is 9.97. The van der Waals surface area contributed by atoms with Crippen molar-refractivity contribution in [3.05, 3.63) is 66.2 Å². The van der Waals surface area contributed by atoms with Crippen LogP contribution in [0.5, 0.6) is 5.75 Å². The number of hydrogen-bond acceptors (Lipinski definition) is 4. The van der Waals surface area contributed by atoms with Gasteiger partial charge < -0.3 is 9.26 Å². The van der Waals surface area contributed by atoms with Gasteiger partial charge in [0.15, 0.2) is 0 Å². The fourth-order valence-corrected chi connectivity index (χ4v) is 5.20. The average Bonchev–Trinajstić information content (AvgIpc) is 2.71. The van der Waals surface area contributed by atoms with E-state index in [0.29, 0.717) is 0 Å². The smallest absolute Gasteiger partial charge is 0.386 e. The number of rotatable bonds is 10. The molecule has 0 amide bonds. The van der Waals surface area contributed by atoms with Gasteiger partial charge in [0.25, 0.3) is 0 Å². The number of ether oxygens (including phenoxy) is 1. The van der Waals surface area contributed by atoms with E-state index in [4.69, 9.17) is 9.26 Å². The maximum Gasteiger partial charge on any atom is 0.386 e. The molecule has 5 nitrogen and oxygen atoms in total. The first-order valence-corrected chi connectivity index (χ1v) is 12.2. The Balaban J connectivity index is 2.34. The van der Waals surface area contributed by atoms with E-state index in [0.717, 1.165) is 5.56 Å². The minimum absolute atomic E-state index is 0.0184. The molecule has 0 saturated carbocycles. The summed E-state index contributed by atoms with van der Waals surface area (Å²) in [5.41, 5.74) is -4.71. The summed E-state index contributed by atoms with van der Waals surface area (Å²) in [6, 6.07) is 15.5. The highest BCUT2D eigenvalue weighted by atomic mass is 31.2. The molecular weight excluding hydrogens is 435 g/mol. The van der Waals surface area contributed by atoms with Gasteiger partial charge in [0.1, 0.15) is 18.4 Å². The Labute approximate surface area is 189 Å². The van der Waals surface area contributed by atoms with Crippen molar-refractivity contribution in [1.82, 2.24) is 5.09 Å². The molecule has 0 heterocycles. The Hall–Kier alpha value is -2.24. The quantitative estimate of drug-likeness (QED) is 0.313. The number of nitrogens with one attached hydrogen (secondary N) is 1. The van der Waals surface area contributed by atoms with Crippen molar-refractivity contribution in [2.24, 2.45) is 11.3 Å². The topological polar surface area (TPSA) is 64.6 Å². The SMILES string of the molecule is CC(C)C[C@H](NP(=O)(Oc1ccccc1)C(F)(F)C(C)(C)C)C(=O)OCc1ccccc1. The number of hydrogen-bond donors (Lipinski definition) is 1. The van der Waals surface area contributed by atoms with E-state index in [1.54, 1.807) is 42.5 Å². The van der Waals surface area contributed by atoms with Crippen molar-refractivity contribution in [3.63, 3.8) is 0 Å². The highest BCUT2D eigenvalue weighted by Crippen LogP contribution is 2.64. The van der Waals surface area contributed by atoms with Crippen molar-refractivity contribution in [2.75, 3.05) is 0 Å². The molecule has 0 aromatic heterocycles. The van der Waals surface area contributed by atoms with E-state index < -0.39 is 30.6 Å². The van der Waals surface area contributed by atoms with Crippen LogP contribution >= 0.6 is 7.52 Å². The normalized spacial score (nSPS) is 15.1. The molecule has 0 aliphatic rings. The lowest BCUT2D eigenvalue weighted by molar-refractivity contribution is -0.147. The molecule has 0 bridgehead atoms. The number of alkyl halides is 2. The van der Waals surface area contributed by atoms with Crippen LogP contribution in [0.25, 0.3) is 0 Å². The average molecular weight is 467 g/mol. The van der Waals surface area contributed by atoms with Gasteiger partial charge in [0, 0.05) is 5.41 Å². The number of carbonyl (C=O) groups excluding carboxylic acids is 1. The van der Waals surface area contributed by atoms with Gasteiger partial charge in [0.05, 0.1) is 0 Å². The molecule has 1 N–H and O–H groups in total. The fraction of sp³-hybridized carbons (Fsp3) is 0.458. The van der Waals surface area contributed by atoms with Gasteiger partial charge in [-0.05, 0) is 30.0 Å². The van der Waals surface area contributed by atoms with E-state index in [-0.39, 0.29) is 24.7 Å². The van der Waals surface area contributed by atoms with Crippen molar-refractivity contribution < 1.29 is 27.4 Å². The molecule has 0 spiro atoms. The zero-order chi connectivity index (χ0) is 24.0. The maximum absolute atomic E-state index is 15.5. The van der Waals surface area contributed by atoms with Crippen LogP contribution in [0.1, 0.15) is 46.6 Å². The maximum atomic E-state index is 15.5. The molecule has 2 aromatic rings. The predicted octanol–water partition coefficient (Wildman–Crippen LogP) is 6.65. The first kappa shape index (κ1) is 26.0. The highest BCUT2D eigenvalue weighted by Gasteiger charge is 2.62. The molecule has 2 rings (SSSR count). The van der Waals surface area contributed by atoms with Crippen molar-refractivity contribution >= 4 is 13.5 Å². The van der Waals surface area contributed by atoms with Crippen LogP contribution in [0, 0.1) is 11.3 Å². The van der Waals surface area contributed by atoms with Gasteiger partial charge in [-0.15, -0.1) is 0 Å². The second-order valence-electron chi connectivity index (χ2n) is 9.15. The van der Waals surface area contributed by atoms with Crippen LogP contribution in [-0.4, -0.2) is 17.7 Å². The third-order valence-corrected chi connectivity index (χ3v) is 7.32. The molecule has 176 valence electrons. The zero-order valence-corrected chi connectivity index (χ0v) is 20.1.